The predicted molar refractivity (Wildman–Crippen MR) is 51.8 cm³/mol. The molecule has 0 fully saturated rings. The normalized spacial score (nSPS) is 10.9. The van der Waals surface area contributed by atoms with E-state index in [2.05, 4.69) is 4.84 Å². The molecule has 1 aromatic rings. The second kappa shape index (κ2) is 5.72. The first-order valence-corrected chi connectivity index (χ1v) is 4.56. The van der Waals surface area contributed by atoms with Gasteiger partial charge in [0.15, 0.2) is 0 Å². The first-order chi connectivity index (χ1) is 7.60. The zero-order valence-electron chi connectivity index (χ0n) is 8.67. The lowest BCUT2D eigenvalue weighted by molar-refractivity contribution is 0.138. The maximum absolute atomic E-state index is 13.1. The van der Waals surface area contributed by atoms with Gasteiger partial charge in [-0.2, -0.15) is 0 Å². The van der Waals surface area contributed by atoms with Crippen LogP contribution in [0, 0.1) is 5.82 Å². The van der Waals surface area contributed by atoms with E-state index in [1.54, 1.807) is 0 Å². The van der Waals surface area contributed by atoms with Crippen LogP contribution in [0.15, 0.2) is 12.1 Å². The molecule has 6 heteroatoms. The van der Waals surface area contributed by atoms with E-state index in [4.69, 9.17) is 10.6 Å². The van der Waals surface area contributed by atoms with E-state index in [0.717, 1.165) is 12.1 Å². The first-order valence-electron chi connectivity index (χ1n) is 4.56. The van der Waals surface area contributed by atoms with Gasteiger partial charge in [0.25, 0.3) is 6.43 Å². The SMILES string of the molecule is COc1c(CCON)cc(F)cc1C(F)F. The van der Waals surface area contributed by atoms with Gasteiger partial charge in [-0.25, -0.2) is 19.1 Å². The van der Waals surface area contributed by atoms with Crippen LogP contribution in [0.2, 0.25) is 0 Å². The quantitative estimate of drug-likeness (QED) is 0.796. The van der Waals surface area contributed by atoms with E-state index in [9.17, 15) is 13.2 Å². The average Bonchev–Trinajstić information content (AvgIpc) is 2.25. The summed E-state index contributed by atoms with van der Waals surface area (Å²) in [6.45, 7) is 0.0997. The molecule has 16 heavy (non-hydrogen) atoms. The lowest BCUT2D eigenvalue weighted by atomic mass is 10.1. The molecule has 1 rings (SSSR count). The van der Waals surface area contributed by atoms with E-state index in [0.29, 0.717) is 5.56 Å². The summed E-state index contributed by atoms with van der Waals surface area (Å²) >= 11 is 0. The Kier molecular flexibility index (Phi) is 4.57. The summed E-state index contributed by atoms with van der Waals surface area (Å²) in [7, 11) is 1.26. The third-order valence-corrected chi connectivity index (χ3v) is 2.09. The number of hydrogen-bond acceptors (Lipinski definition) is 3. The van der Waals surface area contributed by atoms with Crippen molar-refractivity contribution in [1.29, 1.82) is 0 Å². The summed E-state index contributed by atoms with van der Waals surface area (Å²) in [6, 6.07) is 1.89. The number of benzene rings is 1. The number of methoxy groups -OCH3 is 1. The number of halogens is 3. The second-order valence-corrected chi connectivity index (χ2v) is 3.11. The maximum Gasteiger partial charge on any atom is 0.267 e. The van der Waals surface area contributed by atoms with Gasteiger partial charge >= 0.3 is 0 Å². The van der Waals surface area contributed by atoms with E-state index in [1.807, 2.05) is 0 Å². The standard InChI is InChI=1S/C10H12F3NO2/c1-15-9-6(2-3-16-14)4-7(11)5-8(9)10(12)13/h4-5,10H,2-3,14H2,1H3. The molecule has 0 aliphatic rings. The average molecular weight is 235 g/mol. The highest BCUT2D eigenvalue weighted by molar-refractivity contribution is 5.43. The first kappa shape index (κ1) is 12.8. The zero-order chi connectivity index (χ0) is 12.1. The van der Waals surface area contributed by atoms with Crippen LogP contribution in [0.3, 0.4) is 0 Å². The van der Waals surface area contributed by atoms with Crippen molar-refractivity contribution < 1.29 is 22.7 Å². The Morgan fingerprint density at radius 3 is 2.56 bits per heavy atom. The third-order valence-electron chi connectivity index (χ3n) is 2.09. The fourth-order valence-electron chi connectivity index (χ4n) is 1.44. The Hall–Kier alpha value is -1.27. The summed E-state index contributed by atoms with van der Waals surface area (Å²) in [5.74, 6) is 4.07. The molecular weight excluding hydrogens is 223 g/mol. The molecule has 0 aliphatic carbocycles. The minimum atomic E-state index is -2.79. The van der Waals surface area contributed by atoms with E-state index in [-0.39, 0.29) is 18.8 Å². The smallest absolute Gasteiger partial charge is 0.267 e. The molecule has 0 atom stereocenters. The monoisotopic (exact) mass is 235 g/mol. The van der Waals surface area contributed by atoms with Crippen molar-refractivity contribution in [3.8, 4) is 5.75 Å². The lowest BCUT2D eigenvalue weighted by Gasteiger charge is -2.13. The molecule has 0 spiro atoms. The highest BCUT2D eigenvalue weighted by atomic mass is 19.3. The van der Waals surface area contributed by atoms with Gasteiger partial charge in [0.2, 0.25) is 0 Å². The number of rotatable bonds is 5. The minimum absolute atomic E-state index is 0.0200. The van der Waals surface area contributed by atoms with Crippen molar-refractivity contribution in [3.63, 3.8) is 0 Å². The molecule has 0 amide bonds. The second-order valence-electron chi connectivity index (χ2n) is 3.11. The van der Waals surface area contributed by atoms with Crippen molar-refractivity contribution in [2.75, 3.05) is 13.7 Å². The number of ether oxygens (including phenoxy) is 1. The molecule has 0 aliphatic heterocycles. The van der Waals surface area contributed by atoms with E-state index >= 15 is 0 Å². The molecule has 0 saturated carbocycles. The Morgan fingerprint density at radius 2 is 2.06 bits per heavy atom. The van der Waals surface area contributed by atoms with Gasteiger partial charge in [-0.15, -0.1) is 0 Å². The molecular formula is C10H12F3NO2. The van der Waals surface area contributed by atoms with Crippen LogP contribution >= 0.6 is 0 Å². The van der Waals surface area contributed by atoms with Gasteiger partial charge in [-0.3, -0.25) is 0 Å². The molecule has 2 N–H and O–H groups in total. The van der Waals surface area contributed by atoms with Crippen molar-refractivity contribution in [2.45, 2.75) is 12.8 Å². The van der Waals surface area contributed by atoms with Crippen molar-refractivity contribution in [3.05, 3.63) is 29.1 Å². The van der Waals surface area contributed by atoms with Crippen LogP contribution in [0.4, 0.5) is 13.2 Å². The van der Waals surface area contributed by atoms with Crippen LogP contribution in [-0.2, 0) is 11.3 Å². The molecule has 90 valence electrons. The van der Waals surface area contributed by atoms with E-state index in [1.165, 1.54) is 7.11 Å². The molecule has 0 bridgehead atoms. The van der Waals surface area contributed by atoms with Gasteiger partial charge in [0, 0.05) is 6.42 Å². The largest absolute Gasteiger partial charge is 0.496 e. The molecule has 0 unspecified atom stereocenters. The lowest BCUT2D eigenvalue weighted by Crippen LogP contribution is -2.06. The zero-order valence-corrected chi connectivity index (χ0v) is 8.67. The fraction of sp³-hybridized carbons (Fsp3) is 0.400. The molecule has 0 heterocycles. The summed E-state index contributed by atoms with van der Waals surface area (Å²) in [5, 5.41) is 0. The van der Waals surface area contributed by atoms with Crippen molar-refractivity contribution in [1.82, 2.24) is 0 Å². The van der Waals surface area contributed by atoms with Crippen LogP contribution in [0.1, 0.15) is 17.6 Å². The molecule has 1 aromatic carbocycles. The Balaban J connectivity index is 3.14. The summed E-state index contributed by atoms with van der Waals surface area (Å²) in [6.07, 6.45) is -2.58. The highest BCUT2D eigenvalue weighted by Gasteiger charge is 2.18. The predicted octanol–water partition coefficient (Wildman–Crippen LogP) is 2.20. The summed E-state index contributed by atoms with van der Waals surface area (Å²) < 4.78 is 43.1. The topological polar surface area (TPSA) is 44.5 Å². The van der Waals surface area contributed by atoms with Crippen molar-refractivity contribution >= 4 is 0 Å². The van der Waals surface area contributed by atoms with Crippen molar-refractivity contribution in [2.24, 2.45) is 5.90 Å². The van der Waals surface area contributed by atoms with Gasteiger partial charge in [-0.05, 0) is 17.7 Å². The molecule has 0 radical (unpaired) electrons. The number of nitrogens with two attached hydrogens (primary N) is 1. The third kappa shape index (κ3) is 2.86. The number of hydrogen-bond donors (Lipinski definition) is 1. The Bertz CT molecular complexity index is 358. The van der Waals surface area contributed by atoms with Crippen LogP contribution in [0.5, 0.6) is 5.75 Å². The minimum Gasteiger partial charge on any atom is -0.496 e. The highest BCUT2D eigenvalue weighted by Crippen LogP contribution is 2.33. The summed E-state index contributed by atoms with van der Waals surface area (Å²) in [4.78, 5) is 4.32. The van der Waals surface area contributed by atoms with Gasteiger partial charge in [0.05, 0.1) is 19.3 Å². The summed E-state index contributed by atoms with van der Waals surface area (Å²) in [5.41, 5.74) is -0.155. The number of alkyl halides is 2. The Morgan fingerprint density at radius 1 is 1.38 bits per heavy atom. The molecule has 3 nitrogen and oxygen atoms in total. The Labute approximate surface area is 90.9 Å². The molecule has 0 saturated heterocycles. The van der Waals surface area contributed by atoms with Crippen LogP contribution < -0.4 is 10.6 Å². The van der Waals surface area contributed by atoms with Crippen LogP contribution in [-0.4, -0.2) is 13.7 Å². The van der Waals surface area contributed by atoms with Gasteiger partial charge < -0.3 is 9.57 Å². The van der Waals surface area contributed by atoms with E-state index < -0.39 is 17.8 Å². The fourth-order valence-corrected chi connectivity index (χ4v) is 1.44. The maximum atomic E-state index is 13.1. The van der Waals surface area contributed by atoms with Gasteiger partial charge in [-0.1, -0.05) is 0 Å². The molecule has 0 aromatic heterocycles. The van der Waals surface area contributed by atoms with Gasteiger partial charge in [0.1, 0.15) is 11.6 Å². The van der Waals surface area contributed by atoms with Crippen LogP contribution in [0.25, 0.3) is 0 Å².